The van der Waals surface area contributed by atoms with Crippen LogP contribution < -0.4 is 0 Å². The number of phenols is 1. The summed E-state index contributed by atoms with van der Waals surface area (Å²) in [7, 11) is 0. The predicted molar refractivity (Wildman–Crippen MR) is 99.6 cm³/mol. The van der Waals surface area contributed by atoms with E-state index < -0.39 is 17.7 Å². The molecular weight excluding hydrogens is 316 g/mol. The van der Waals surface area contributed by atoms with Crippen LogP contribution >= 0.6 is 0 Å². The van der Waals surface area contributed by atoms with Gasteiger partial charge in [-0.05, 0) is 59.1 Å². The Morgan fingerprint density at radius 1 is 1.16 bits per heavy atom. The lowest BCUT2D eigenvalue weighted by molar-refractivity contribution is -0.146. The van der Waals surface area contributed by atoms with Crippen LogP contribution in [0.1, 0.15) is 57.3 Å². The molecule has 0 aliphatic carbocycles. The zero-order chi connectivity index (χ0) is 18.8. The summed E-state index contributed by atoms with van der Waals surface area (Å²) in [5.41, 5.74) is 2.54. The van der Waals surface area contributed by atoms with Crippen molar-refractivity contribution < 1.29 is 19.4 Å². The number of hydrogen-bond acceptors (Lipinski definition) is 4. The maximum Gasteiger partial charge on any atom is 0.317 e. The van der Waals surface area contributed by atoms with Gasteiger partial charge in [0.25, 0.3) is 0 Å². The Labute approximate surface area is 150 Å². The van der Waals surface area contributed by atoms with E-state index >= 15 is 0 Å². The van der Waals surface area contributed by atoms with Crippen LogP contribution in [0.3, 0.4) is 0 Å². The summed E-state index contributed by atoms with van der Waals surface area (Å²) < 4.78 is 5.05. The van der Waals surface area contributed by atoms with Crippen molar-refractivity contribution in [2.24, 2.45) is 5.92 Å². The largest absolute Gasteiger partial charge is 0.507 e. The molecular formula is C21H28O4. The average Bonchev–Trinajstić information content (AvgIpc) is 2.55. The van der Waals surface area contributed by atoms with E-state index in [-0.39, 0.29) is 24.3 Å². The van der Waals surface area contributed by atoms with Crippen LogP contribution in [0.4, 0.5) is 0 Å². The van der Waals surface area contributed by atoms with E-state index in [1.165, 1.54) is 17.7 Å². The Kier molecular flexibility index (Phi) is 8.68. The predicted octanol–water partition coefficient (Wildman–Crippen LogP) is 4.84. The first-order valence-corrected chi connectivity index (χ1v) is 8.64. The first kappa shape index (κ1) is 20.7. The second-order valence-electron chi connectivity index (χ2n) is 6.29. The molecule has 0 aliphatic rings. The molecule has 0 fully saturated rings. The standard InChI is InChI=1S/C21H28O4/c1-5-25-21(24)18(14-13-16(4)10-8-9-15(2)3)20(23)17-11-6-7-12-19(17)22/h6-7,9,11-13,18,22H,5,8,10,14H2,1-4H3. The van der Waals surface area contributed by atoms with Crippen LogP contribution in [0.2, 0.25) is 0 Å². The van der Waals surface area contributed by atoms with Gasteiger partial charge >= 0.3 is 5.97 Å². The Hall–Kier alpha value is -2.36. The first-order chi connectivity index (χ1) is 11.9. The molecule has 0 saturated carbocycles. The van der Waals surface area contributed by atoms with Crippen molar-refractivity contribution in [3.8, 4) is 5.75 Å². The van der Waals surface area contributed by atoms with Gasteiger partial charge < -0.3 is 9.84 Å². The quantitative estimate of drug-likeness (QED) is 0.301. The number of ether oxygens (including phenoxy) is 1. The third-order valence-electron chi connectivity index (χ3n) is 3.85. The Balaban J connectivity index is 2.90. The fraction of sp³-hybridized carbons (Fsp3) is 0.429. The van der Waals surface area contributed by atoms with Gasteiger partial charge in [0.05, 0.1) is 12.2 Å². The Bertz CT molecular complexity index is 652. The molecule has 0 aliphatic heterocycles. The summed E-state index contributed by atoms with van der Waals surface area (Å²) in [6.45, 7) is 8.03. The van der Waals surface area contributed by atoms with Crippen molar-refractivity contribution in [3.05, 3.63) is 53.1 Å². The molecule has 4 nitrogen and oxygen atoms in total. The first-order valence-electron chi connectivity index (χ1n) is 8.64. The number of benzene rings is 1. The molecule has 0 saturated heterocycles. The maximum absolute atomic E-state index is 12.7. The maximum atomic E-state index is 12.7. The third-order valence-corrected chi connectivity index (χ3v) is 3.85. The fourth-order valence-electron chi connectivity index (χ4n) is 2.43. The molecule has 0 bridgehead atoms. The van der Waals surface area contributed by atoms with Crippen LogP contribution in [0.25, 0.3) is 0 Å². The minimum absolute atomic E-state index is 0.119. The number of Topliss-reactive ketones (excluding diaryl/α,β-unsaturated/α-hetero) is 1. The van der Waals surface area contributed by atoms with Gasteiger partial charge in [0.1, 0.15) is 11.7 Å². The summed E-state index contributed by atoms with van der Waals surface area (Å²) in [5, 5.41) is 9.89. The van der Waals surface area contributed by atoms with E-state index in [2.05, 4.69) is 19.9 Å². The van der Waals surface area contributed by atoms with Crippen molar-refractivity contribution in [3.63, 3.8) is 0 Å². The molecule has 1 atom stereocenters. The normalized spacial score (nSPS) is 12.4. The monoisotopic (exact) mass is 344 g/mol. The smallest absolute Gasteiger partial charge is 0.317 e. The van der Waals surface area contributed by atoms with Crippen LogP contribution in [-0.2, 0) is 9.53 Å². The lowest BCUT2D eigenvalue weighted by Crippen LogP contribution is -2.26. The van der Waals surface area contributed by atoms with Crippen molar-refractivity contribution in [2.45, 2.75) is 47.0 Å². The zero-order valence-corrected chi connectivity index (χ0v) is 15.5. The molecule has 1 rings (SSSR count). The summed E-state index contributed by atoms with van der Waals surface area (Å²) in [5.74, 6) is -2.02. The second kappa shape index (κ2) is 10.5. The van der Waals surface area contributed by atoms with E-state index in [1.807, 2.05) is 13.0 Å². The highest BCUT2D eigenvalue weighted by Gasteiger charge is 2.29. The zero-order valence-electron chi connectivity index (χ0n) is 15.5. The van der Waals surface area contributed by atoms with Gasteiger partial charge in [-0.3, -0.25) is 9.59 Å². The number of aromatic hydroxyl groups is 1. The molecule has 1 aromatic rings. The highest BCUT2D eigenvalue weighted by Crippen LogP contribution is 2.23. The lowest BCUT2D eigenvalue weighted by atomic mass is 9.92. The molecule has 1 N–H and O–H groups in total. The van der Waals surface area contributed by atoms with E-state index in [0.29, 0.717) is 0 Å². The van der Waals surface area contributed by atoms with E-state index in [4.69, 9.17) is 4.74 Å². The Morgan fingerprint density at radius 2 is 1.84 bits per heavy atom. The van der Waals surface area contributed by atoms with Crippen molar-refractivity contribution in [2.75, 3.05) is 6.61 Å². The van der Waals surface area contributed by atoms with Crippen LogP contribution in [0, 0.1) is 5.92 Å². The number of rotatable bonds is 9. The second-order valence-corrected chi connectivity index (χ2v) is 6.29. The molecule has 1 aromatic carbocycles. The van der Waals surface area contributed by atoms with E-state index in [1.54, 1.807) is 19.1 Å². The molecule has 1 unspecified atom stereocenters. The van der Waals surface area contributed by atoms with Crippen molar-refractivity contribution in [1.82, 2.24) is 0 Å². The lowest BCUT2D eigenvalue weighted by Gasteiger charge is -2.14. The topological polar surface area (TPSA) is 63.6 Å². The van der Waals surface area contributed by atoms with Gasteiger partial charge in [0.2, 0.25) is 0 Å². The average molecular weight is 344 g/mol. The SMILES string of the molecule is CCOC(=O)C(CC=C(C)CCC=C(C)C)C(=O)c1ccccc1O. The summed E-state index contributed by atoms with van der Waals surface area (Å²) in [6, 6.07) is 6.26. The molecule has 0 amide bonds. The molecule has 136 valence electrons. The van der Waals surface area contributed by atoms with Crippen molar-refractivity contribution >= 4 is 11.8 Å². The summed E-state index contributed by atoms with van der Waals surface area (Å²) in [4.78, 5) is 24.9. The highest BCUT2D eigenvalue weighted by molar-refractivity contribution is 6.10. The number of para-hydroxylation sites is 1. The van der Waals surface area contributed by atoms with Crippen LogP contribution in [0.5, 0.6) is 5.75 Å². The minimum Gasteiger partial charge on any atom is -0.507 e. The van der Waals surface area contributed by atoms with E-state index in [0.717, 1.165) is 18.4 Å². The number of ketones is 1. The van der Waals surface area contributed by atoms with Crippen LogP contribution in [0.15, 0.2) is 47.6 Å². The minimum atomic E-state index is -0.938. The number of hydrogen-bond donors (Lipinski definition) is 1. The molecule has 0 spiro atoms. The molecule has 0 radical (unpaired) electrons. The van der Waals surface area contributed by atoms with Gasteiger partial charge in [-0.2, -0.15) is 0 Å². The van der Waals surface area contributed by atoms with E-state index in [9.17, 15) is 14.7 Å². The number of carbonyl (C=O) groups is 2. The van der Waals surface area contributed by atoms with Gasteiger partial charge in [0, 0.05) is 0 Å². The third kappa shape index (κ3) is 6.96. The summed E-state index contributed by atoms with van der Waals surface area (Å²) in [6.07, 6.45) is 6.16. The van der Waals surface area contributed by atoms with Crippen LogP contribution in [-0.4, -0.2) is 23.5 Å². The number of esters is 1. The molecule has 0 heterocycles. The fourth-order valence-corrected chi connectivity index (χ4v) is 2.43. The molecule has 0 aromatic heterocycles. The molecule has 4 heteroatoms. The molecule has 25 heavy (non-hydrogen) atoms. The van der Waals surface area contributed by atoms with Crippen molar-refractivity contribution in [1.29, 1.82) is 0 Å². The van der Waals surface area contributed by atoms with Gasteiger partial charge in [0.15, 0.2) is 5.78 Å². The number of phenolic OH excluding ortho intramolecular Hbond substituents is 1. The Morgan fingerprint density at radius 3 is 2.44 bits per heavy atom. The van der Waals surface area contributed by atoms with Gasteiger partial charge in [-0.25, -0.2) is 0 Å². The highest BCUT2D eigenvalue weighted by atomic mass is 16.5. The number of carbonyl (C=O) groups excluding carboxylic acids is 2. The van der Waals surface area contributed by atoms with Gasteiger partial charge in [-0.1, -0.05) is 35.4 Å². The number of allylic oxidation sites excluding steroid dienone is 4. The summed E-state index contributed by atoms with van der Waals surface area (Å²) >= 11 is 0. The van der Waals surface area contributed by atoms with Gasteiger partial charge in [-0.15, -0.1) is 0 Å².